The number of aliphatic hydroxyl groups is 1. The van der Waals surface area contributed by atoms with E-state index in [2.05, 4.69) is 6.92 Å². The fourth-order valence-corrected chi connectivity index (χ4v) is 5.49. The minimum atomic E-state index is -0.377. The Balaban J connectivity index is 1.65. The minimum Gasteiger partial charge on any atom is -0.394 e. The monoisotopic (exact) mass is 557 g/mol. The Hall–Kier alpha value is -3.52. The summed E-state index contributed by atoms with van der Waals surface area (Å²) >= 11 is 0. The van der Waals surface area contributed by atoms with E-state index in [1.54, 1.807) is 9.80 Å². The maximum atomic E-state index is 14.0. The standard InChI is InChI=1S/C34H43N3O4/c1-24-20-37(25(2)22-38)33(39)30-18-12-11-17-29(30)28-16-10-9-15-27(28)23-41-32(24)21-36(5)34(40)31(35(3)4)19-26-13-7-6-8-14-26/h6-18,24-25,31-32,38H,19-23H2,1-5H3/t24-,25+,31+,32-/m1/s1. The second-order valence-electron chi connectivity index (χ2n) is 11.4. The highest BCUT2D eigenvalue weighted by atomic mass is 16.5. The van der Waals surface area contributed by atoms with Crippen molar-refractivity contribution in [2.24, 2.45) is 5.92 Å². The normalized spacial score (nSPS) is 19.1. The zero-order valence-electron chi connectivity index (χ0n) is 24.9. The fraction of sp³-hybridized carbons (Fsp3) is 0.412. The van der Waals surface area contributed by atoms with Crippen LogP contribution in [0.2, 0.25) is 0 Å². The van der Waals surface area contributed by atoms with Gasteiger partial charge < -0.3 is 19.6 Å². The first-order chi connectivity index (χ1) is 19.7. The molecule has 41 heavy (non-hydrogen) atoms. The van der Waals surface area contributed by atoms with Crippen LogP contribution in [0.3, 0.4) is 0 Å². The van der Waals surface area contributed by atoms with Gasteiger partial charge in [0.2, 0.25) is 5.91 Å². The molecule has 7 nitrogen and oxygen atoms in total. The third-order valence-electron chi connectivity index (χ3n) is 8.10. The number of ether oxygens (including phenoxy) is 1. The lowest BCUT2D eigenvalue weighted by Crippen LogP contribution is -2.50. The molecule has 0 saturated heterocycles. The summed E-state index contributed by atoms with van der Waals surface area (Å²) < 4.78 is 6.60. The Bertz CT molecular complexity index is 1310. The first-order valence-corrected chi connectivity index (χ1v) is 14.4. The Morgan fingerprint density at radius 3 is 2.22 bits per heavy atom. The largest absolute Gasteiger partial charge is 0.394 e. The van der Waals surface area contributed by atoms with Crippen molar-refractivity contribution < 1.29 is 19.4 Å². The number of aliphatic hydroxyl groups excluding tert-OH is 1. The Kier molecular flexibility index (Phi) is 10.3. The molecule has 0 radical (unpaired) electrons. The van der Waals surface area contributed by atoms with Crippen molar-refractivity contribution in [3.05, 3.63) is 95.6 Å². The SMILES string of the molecule is C[C@@H]1CN([C@@H](C)CO)C(=O)c2ccccc2-c2ccccc2CO[C@@H]1CN(C)C(=O)[C@H](Cc1ccccc1)N(C)C. The molecule has 4 rings (SSSR count). The first kappa shape index (κ1) is 30.4. The molecule has 7 heteroatoms. The molecular weight excluding hydrogens is 514 g/mol. The van der Waals surface area contributed by atoms with E-state index < -0.39 is 0 Å². The quantitative estimate of drug-likeness (QED) is 0.446. The number of hydrogen-bond donors (Lipinski definition) is 1. The molecule has 0 saturated carbocycles. The molecule has 218 valence electrons. The van der Waals surface area contributed by atoms with Gasteiger partial charge in [-0.1, -0.05) is 79.7 Å². The van der Waals surface area contributed by atoms with Gasteiger partial charge >= 0.3 is 0 Å². The van der Waals surface area contributed by atoms with Crippen LogP contribution in [0.15, 0.2) is 78.9 Å². The molecule has 4 atom stereocenters. The first-order valence-electron chi connectivity index (χ1n) is 14.4. The Morgan fingerprint density at radius 1 is 0.951 bits per heavy atom. The van der Waals surface area contributed by atoms with Gasteiger partial charge in [-0.3, -0.25) is 14.5 Å². The van der Waals surface area contributed by atoms with Gasteiger partial charge in [0.25, 0.3) is 5.91 Å². The summed E-state index contributed by atoms with van der Waals surface area (Å²) in [4.78, 5) is 33.2. The van der Waals surface area contributed by atoms with Crippen molar-refractivity contribution in [3.63, 3.8) is 0 Å². The van der Waals surface area contributed by atoms with Crippen molar-refractivity contribution in [2.75, 3.05) is 40.8 Å². The van der Waals surface area contributed by atoms with Crippen molar-refractivity contribution in [3.8, 4) is 11.1 Å². The van der Waals surface area contributed by atoms with Crippen LogP contribution in [-0.4, -0.2) is 90.6 Å². The van der Waals surface area contributed by atoms with E-state index in [0.29, 0.717) is 31.7 Å². The van der Waals surface area contributed by atoms with Crippen LogP contribution in [0.5, 0.6) is 0 Å². The number of fused-ring (bicyclic) bond motifs is 3. The lowest BCUT2D eigenvalue weighted by molar-refractivity contribution is -0.137. The van der Waals surface area contributed by atoms with Crippen molar-refractivity contribution in [2.45, 2.75) is 45.1 Å². The summed E-state index contributed by atoms with van der Waals surface area (Å²) in [6.45, 7) is 4.88. The van der Waals surface area contributed by atoms with Crippen LogP contribution in [-0.2, 0) is 22.6 Å². The minimum absolute atomic E-state index is 0.0217. The summed E-state index contributed by atoms with van der Waals surface area (Å²) in [5.41, 5.74) is 4.49. The zero-order chi connectivity index (χ0) is 29.5. The average Bonchev–Trinajstić information content (AvgIpc) is 3.01. The highest BCUT2D eigenvalue weighted by molar-refractivity contribution is 6.01. The lowest BCUT2D eigenvalue weighted by atomic mass is 9.94. The summed E-state index contributed by atoms with van der Waals surface area (Å²) in [5.74, 6) is -0.203. The van der Waals surface area contributed by atoms with Crippen molar-refractivity contribution in [1.29, 1.82) is 0 Å². The van der Waals surface area contributed by atoms with Gasteiger partial charge in [0, 0.05) is 31.6 Å². The molecule has 1 heterocycles. The van der Waals surface area contributed by atoms with Crippen LogP contribution < -0.4 is 0 Å². The third kappa shape index (κ3) is 7.22. The molecule has 3 aromatic rings. The molecule has 1 N–H and O–H groups in total. The predicted octanol–water partition coefficient (Wildman–Crippen LogP) is 4.34. The summed E-state index contributed by atoms with van der Waals surface area (Å²) in [7, 11) is 5.69. The van der Waals surface area contributed by atoms with Crippen LogP contribution in [0, 0.1) is 5.92 Å². The molecule has 1 aliphatic rings. The number of amides is 2. The smallest absolute Gasteiger partial charge is 0.254 e. The topological polar surface area (TPSA) is 73.3 Å². The second-order valence-corrected chi connectivity index (χ2v) is 11.4. The van der Waals surface area contributed by atoms with E-state index in [0.717, 1.165) is 22.3 Å². The summed E-state index contributed by atoms with van der Waals surface area (Å²) in [6, 6.07) is 25.0. The van der Waals surface area contributed by atoms with Crippen LogP contribution in [0.1, 0.15) is 35.3 Å². The van der Waals surface area contributed by atoms with E-state index in [1.165, 1.54) is 0 Å². The van der Waals surface area contributed by atoms with E-state index in [-0.39, 0.29) is 42.5 Å². The Morgan fingerprint density at radius 2 is 1.56 bits per heavy atom. The van der Waals surface area contributed by atoms with Crippen LogP contribution >= 0.6 is 0 Å². The zero-order valence-corrected chi connectivity index (χ0v) is 24.9. The van der Waals surface area contributed by atoms with Crippen molar-refractivity contribution in [1.82, 2.24) is 14.7 Å². The number of rotatable bonds is 8. The number of nitrogens with zero attached hydrogens (tertiary/aromatic N) is 3. The van der Waals surface area contributed by atoms with E-state index in [4.69, 9.17) is 4.74 Å². The highest BCUT2D eigenvalue weighted by Crippen LogP contribution is 2.31. The molecule has 0 unspecified atom stereocenters. The molecule has 0 aromatic heterocycles. The Labute approximate surface area is 244 Å². The second kappa shape index (κ2) is 13.9. The fourth-order valence-electron chi connectivity index (χ4n) is 5.49. The van der Waals surface area contributed by atoms with E-state index >= 15 is 0 Å². The maximum absolute atomic E-state index is 14.0. The number of hydrogen-bond acceptors (Lipinski definition) is 5. The van der Waals surface area contributed by atoms with E-state index in [1.807, 2.05) is 112 Å². The number of benzene rings is 3. The maximum Gasteiger partial charge on any atom is 0.254 e. The number of carbonyl (C=O) groups is 2. The van der Waals surface area contributed by atoms with Crippen molar-refractivity contribution >= 4 is 11.8 Å². The van der Waals surface area contributed by atoms with Crippen LogP contribution in [0.4, 0.5) is 0 Å². The summed E-state index contributed by atoms with van der Waals surface area (Å²) in [6.07, 6.45) is 0.277. The highest BCUT2D eigenvalue weighted by Gasteiger charge is 2.32. The molecular formula is C34H43N3O4. The van der Waals surface area contributed by atoms with Gasteiger partial charge in [-0.05, 0) is 55.8 Å². The van der Waals surface area contributed by atoms with Gasteiger partial charge in [0.15, 0.2) is 0 Å². The third-order valence-corrected chi connectivity index (χ3v) is 8.10. The number of carbonyl (C=O) groups excluding carboxylic acids is 2. The molecule has 1 aliphatic heterocycles. The lowest BCUT2D eigenvalue weighted by Gasteiger charge is -2.36. The van der Waals surface area contributed by atoms with Gasteiger partial charge in [0.05, 0.1) is 31.4 Å². The molecule has 2 amide bonds. The van der Waals surface area contributed by atoms with Gasteiger partial charge in [0.1, 0.15) is 0 Å². The molecule has 0 fully saturated rings. The number of likely N-dealkylation sites (N-methyl/N-ethyl adjacent to an activating group) is 2. The van der Waals surface area contributed by atoms with Crippen LogP contribution in [0.25, 0.3) is 11.1 Å². The molecule has 0 bridgehead atoms. The van der Waals surface area contributed by atoms with Gasteiger partial charge in [-0.15, -0.1) is 0 Å². The van der Waals surface area contributed by atoms with Gasteiger partial charge in [-0.25, -0.2) is 0 Å². The molecule has 3 aromatic carbocycles. The van der Waals surface area contributed by atoms with Gasteiger partial charge in [-0.2, -0.15) is 0 Å². The molecule has 0 spiro atoms. The molecule has 0 aliphatic carbocycles. The van der Waals surface area contributed by atoms with E-state index in [9.17, 15) is 14.7 Å². The average molecular weight is 558 g/mol. The predicted molar refractivity (Wildman–Crippen MR) is 162 cm³/mol. The summed E-state index contributed by atoms with van der Waals surface area (Å²) in [5, 5.41) is 10.1.